The van der Waals surface area contributed by atoms with Gasteiger partial charge in [-0.15, -0.1) is 0 Å². The molecule has 0 radical (unpaired) electrons. The van der Waals surface area contributed by atoms with Crippen LogP contribution >= 0.6 is 0 Å². The van der Waals surface area contributed by atoms with Crippen molar-refractivity contribution in [1.82, 2.24) is 14.6 Å². The minimum atomic E-state index is -0.662. The first kappa shape index (κ1) is 9.45. The fourth-order valence-electron chi connectivity index (χ4n) is 1.57. The van der Waals surface area contributed by atoms with Gasteiger partial charge in [-0.3, -0.25) is 9.78 Å². The van der Waals surface area contributed by atoms with Crippen LogP contribution in [0.2, 0.25) is 0 Å². The molecule has 3 N–H and O–H groups in total. The lowest BCUT2D eigenvalue weighted by Crippen LogP contribution is -2.41. The maximum Gasteiger partial charge on any atom is 0.348 e. The topological polar surface area (TPSA) is 93.8 Å². The number of nitrogens with two attached hydrogens (primary N) is 1. The predicted octanol–water partition coefficient (Wildman–Crippen LogP) is -0.585. The summed E-state index contributed by atoms with van der Waals surface area (Å²) in [5.41, 5.74) is 0.579. The van der Waals surface area contributed by atoms with Gasteiger partial charge in [-0.2, -0.15) is 4.68 Å². The zero-order valence-corrected chi connectivity index (χ0v) is 8.37. The first-order valence-electron chi connectivity index (χ1n) is 4.39. The fourth-order valence-corrected chi connectivity index (χ4v) is 1.57. The number of nitrogens with one attached hydrogen (secondary N) is 1. The van der Waals surface area contributed by atoms with Gasteiger partial charge in [0.1, 0.15) is 5.65 Å². The lowest BCUT2D eigenvalue weighted by Gasteiger charge is -2.03. The first-order chi connectivity index (χ1) is 7.00. The predicted molar refractivity (Wildman–Crippen MR) is 56.2 cm³/mol. The van der Waals surface area contributed by atoms with E-state index in [0.717, 1.165) is 11.3 Å². The molecule has 78 valence electrons. The van der Waals surface area contributed by atoms with Crippen molar-refractivity contribution in [3.63, 3.8) is 0 Å². The van der Waals surface area contributed by atoms with E-state index in [1.54, 1.807) is 19.9 Å². The zero-order chi connectivity index (χ0) is 11.2. The Hall–Kier alpha value is -2.11. The zero-order valence-electron chi connectivity index (χ0n) is 8.37. The van der Waals surface area contributed by atoms with Crippen molar-refractivity contribution >= 4 is 11.0 Å². The van der Waals surface area contributed by atoms with E-state index < -0.39 is 11.2 Å². The highest BCUT2D eigenvalue weighted by molar-refractivity contribution is 5.77. The van der Waals surface area contributed by atoms with Crippen LogP contribution in [0.25, 0.3) is 11.0 Å². The third kappa shape index (κ3) is 1.30. The number of nitrogens with zero attached hydrogens (tertiary/aromatic N) is 2. The maximum absolute atomic E-state index is 11.7. The van der Waals surface area contributed by atoms with Crippen LogP contribution < -0.4 is 17.1 Å². The Balaban J connectivity index is 3.13. The van der Waals surface area contributed by atoms with Gasteiger partial charge in [-0.25, -0.2) is 9.78 Å². The summed E-state index contributed by atoms with van der Waals surface area (Å²) in [5, 5.41) is 0.350. The smallest absolute Gasteiger partial charge is 0.332 e. The van der Waals surface area contributed by atoms with Crippen molar-refractivity contribution in [2.24, 2.45) is 0 Å². The number of aromatic amines is 1. The van der Waals surface area contributed by atoms with Gasteiger partial charge in [0.05, 0.1) is 5.39 Å². The lowest BCUT2D eigenvalue weighted by atomic mass is 10.2. The number of hydrogen-bond acceptors (Lipinski definition) is 4. The van der Waals surface area contributed by atoms with Crippen LogP contribution in [0.15, 0.2) is 15.7 Å². The maximum atomic E-state index is 11.7. The van der Waals surface area contributed by atoms with Crippen LogP contribution in [-0.2, 0) is 0 Å². The summed E-state index contributed by atoms with van der Waals surface area (Å²) < 4.78 is 0.548. The second kappa shape index (κ2) is 2.94. The van der Waals surface area contributed by atoms with Crippen molar-refractivity contribution in [2.75, 3.05) is 5.84 Å². The van der Waals surface area contributed by atoms with Crippen LogP contribution in [0.4, 0.5) is 0 Å². The molecular formula is C9H10N4O2. The number of nitrogen functional groups attached to an aromatic ring is 1. The van der Waals surface area contributed by atoms with Gasteiger partial charge in [-0.05, 0) is 25.5 Å². The van der Waals surface area contributed by atoms with Crippen molar-refractivity contribution in [3.8, 4) is 0 Å². The number of rotatable bonds is 0. The summed E-state index contributed by atoms with van der Waals surface area (Å²) in [6.07, 6.45) is 0. The van der Waals surface area contributed by atoms with E-state index in [-0.39, 0.29) is 5.65 Å². The van der Waals surface area contributed by atoms with Crippen molar-refractivity contribution in [1.29, 1.82) is 0 Å². The van der Waals surface area contributed by atoms with Crippen LogP contribution in [0.5, 0.6) is 0 Å². The van der Waals surface area contributed by atoms with Gasteiger partial charge in [0.25, 0.3) is 5.56 Å². The van der Waals surface area contributed by atoms with E-state index in [1.807, 2.05) is 0 Å². The number of fused-ring (bicyclic) bond motifs is 1. The normalized spacial score (nSPS) is 10.8. The molecule has 0 aromatic carbocycles. The van der Waals surface area contributed by atoms with Gasteiger partial charge >= 0.3 is 5.69 Å². The van der Waals surface area contributed by atoms with E-state index >= 15 is 0 Å². The van der Waals surface area contributed by atoms with E-state index in [2.05, 4.69) is 9.97 Å². The largest absolute Gasteiger partial charge is 0.348 e. The summed E-state index contributed by atoms with van der Waals surface area (Å²) in [6.45, 7) is 3.56. The van der Waals surface area contributed by atoms with Crippen molar-refractivity contribution in [3.05, 3.63) is 38.2 Å². The molecule has 15 heavy (non-hydrogen) atoms. The fraction of sp³-hybridized carbons (Fsp3) is 0.222. The minimum Gasteiger partial charge on any atom is -0.332 e. The standard InChI is InChI=1S/C9H10N4O2/c1-4-3-5(2)11-7-6(4)8(14)13(10)9(15)12-7/h3H,10H2,1-2H3,(H,11,12,15). The highest BCUT2D eigenvalue weighted by atomic mass is 16.2. The molecular weight excluding hydrogens is 196 g/mol. The van der Waals surface area contributed by atoms with Crippen molar-refractivity contribution in [2.45, 2.75) is 13.8 Å². The molecule has 0 aliphatic rings. The first-order valence-corrected chi connectivity index (χ1v) is 4.39. The van der Waals surface area contributed by atoms with Gasteiger partial charge in [0.15, 0.2) is 0 Å². The molecule has 0 unspecified atom stereocenters. The molecule has 0 aliphatic heterocycles. The number of aromatic nitrogens is 3. The van der Waals surface area contributed by atoms with Gasteiger partial charge in [0, 0.05) is 5.69 Å². The monoisotopic (exact) mass is 206 g/mol. The highest BCUT2D eigenvalue weighted by Crippen LogP contribution is 2.09. The Morgan fingerprint density at radius 1 is 1.40 bits per heavy atom. The Morgan fingerprint density at radius 2 is 2.07 bits per heavy atom. The average Bonchev–Trinajstić information content (AvgIpc) is 2.13. The van der Waals surface area contributed by atoms with Crippen LogP contribution in [0.1, 0.15) is 11.3 Å². The quantitative estimate of drug-likeness (QED) is 0.563. The van der Waals surface area contributed by atoms with E-state index in [1.165, 1.54) is 0 Å². The molecule has 0 fully saturated rings. The molecule has 0 saturated heterocycles. The Kier molecular flexibility index (Phi) is 1.85. The third-order valence-electron chi connectivity index (χ3n) is 2.22. The van der Waals surface area contributed by atoms with Gasteiger partial charge in [0.2, 0.25) is 0 Å². The van der Waals surface area contributed by atoms with E-state index in [9.17, 15) is 9.59 Å². The van der Waals surface area contributed by atoms with Crippen molar-refractivity contribution < 1.29 is 0 Å². The Bertz CT molecular complexity index is 653. The molecule has 6 nitrogen and oxygen atoms in total. The summed E-state index contributed by atoms with van der Waals surface area (Å²) in [6, 6.07) is 1.77. The van der Waals surface area contributed by atoms with Crippen LogP contribution in [-0.4, -0.2) is 14.6 Å². The van der Waals surface area contributed by atoms with Gasteiger partial charge in [-0.1, -0.05) is 0 Å². The van der Waals surface area contributed by atoms with Crippen LogP contribution in [0.3, 0.4) is 0 Å². The third-order valence-corrected chi connectivity index (χ3v) is 2.22. The van der Waals surface area contributed by atoms with Crippen LogP contribution in [0, 0.1) is 13.8 Å². The van der Waals surface area contributed by atoms with Gasteiger partial charge < -0.3 is 5.84 Å². The molecule has 0 aliphatic carbocycles. The molecule has 0 atom stereocenters. The number of hydrogen-bond donors (Lipinski definition) is 2. The molecule has 2 aromatic heterocycles. The highest BCUT2D eigenvalue weighted by Gasteiger charge is 2.09. The lowest BCUT2D eigenvalue weighted by molar-refractivity contribution is 0.849. The number of H-pyrrole nitrogens is 1. The Morgan fingerprint density at radius 3 is 2.73 bits per heavy atom. The second-order valence-corrected chi connectivity index (χ2v) is 3.41. The average molecular weight is 206 g/mol. The number of pyridine rings is 1. The summed E-state index contributed by atoms with van der Waals surface area (Å²) in [4.78, 5) is 29.4. The molecule has 2 rings (SSSR count). The summed E-state index contributed by atoms with van der Waals surface area (Å²) in [7, 11) is 0. The Labute approximate surface area is 84.3 Å². The molecule has 2 heterocycles. The molecule has 0 bridgehead atoms. The van der Waals surface area contributed by atoms with E-state index in [0.29, 0.717) is 10.1 Å². The molecule has 0 spiro atoms. The SMILES string of the molecule is Cc1cc(C)c2c(=O)n(N)c(=O)[nH]c2n1. The minimum absolute atomic E-state index is 0.282. The number of aryl methyl sites for hydroxylation is 2. The second-order valence-electron chi connectivity index (χ2n) is 3.41. The molecule has 2 aromatic rings. The summed E-state index contributed by atoms with van der Waals surface area (Å²) in [5.74, 6) is 5.29. The molecule has 6 heteroatoms. The molecule has 0 amide bonds. The summed E-state index contributed by atoms with van der Waals surface area (Å²) >= 11 is 0. The van der Waals surface area contributed by atoms with E-state index in [4.69, 9.17) is 5.84 Å². The molecule has 0 saturated carbocycles.